The first-order valence-electron chi connectivity index (χ1n) is 8.32. The van der Waals surface area contributed by atoms with Crippen LogP contribution in [0, 0.1) is 0 Å². The van der Waals surface area contributed by atoms with Gasteiger partial charge in [0.15, 0.2) is 6.29 Å². The Morgan fingerprint density at radius 3 is 2.44 bits per heavy atom. The van der Waals surface area contributed by atoms with Crippen LogP contribution in [0.5, 0.6) is 0 Å². The molecule has 0 amide bonds. The summed E-state index contributed by atoms with van der Waals surface area (Å²) in [5, 5.41) is 18.6. The van der Waals surface area contributed by atoms with Crippen LogP contribution in [0.1, 0.15) is 23.0 Å². The van der Waals surface area contributed by atoms with Crippen LogP contribution in [0.2, 0.25) is 0 Å². The quantitative estimate of drug-likeness (QED) is 0.697. The van der Waals surface area contributed by atoms with Crippen molar-refractivity contribution >= 4 is 0 Å². The summed E-state index contributed by atoms with van der Waals surface area (Å²) in [6.45, 7) is 3.79. The summed E-state index contributed by atoms with van der Waals surface area (Å²) >= 11 is 0. The Kier molecular flexibility index (Phi) is 4.31. The summed E-state index contributed by atoms with van der Waals surface area (Å²) in [6, 6.07) is 11.8. The molecule has 6 heteroatoms. The van der Waals surface area contributed by atoms with Gasteiger partial charge in [-0.1, -0.05) is 24.3 Å². The van der Waals surface area contributed by atoms with Crippen molar-refractivity contribution in [2.75, 3.05) is 6.54 Å². The molecule has 0 spiro atoms. The number of aliphatic hydroxyl groups is 2. The molecule has 0 saturated heterocycles. The van der Waals surface area contributed by atoms with Crippen LogP contribution in [0.25, 0.3) is 11.4 Å². The molecule has 6 nitrogen and oxygen atoms in total. The van der Waals surface area contributed by atoms with Gasteiger partial charge in [-0.05, 0) is 23.3 Å². The number of nitrogens with zero attached hydrogens (tertiary/aromatic N) is 4. The normalized spacial score (nSPS) is 14.2. The number of imidazole rings is 1. The molecule has 0 fully saturated rings. The van der Waals surface area contributed by atoms with Crippen LogP contribution in [0.15, 0.2) is 55.1 Å². The third kappa shape index (κ3) is 3.46. The monoisotopic (exact) mass is 336 g/mol. The van der Waals surface area contributed by atoms with E-state index < -0.39 is 6.29 Å². The van der Waals surface area contributed by atoms with Crippen LogP contribution >= 0.6 is 0 Å². The molecule has 3 aromatic rings. The molecule has 1 aliphatic rings. The fourth-order valence-corrected chi connectivity index (χ4v) is 3.18. The maximum absolute atomic E-state index is 9.28. The highest BCUT2D eigenvalue weighted by Crippen LogP contribution is 2.22. The lowest BCUT2D eigenvalue weighted by atomic mass is 10.1. The van der Waals surface area contributed by atoms with Crippen molar-refractivity contribution in [1.29, 1.82) is 0 Å². The molecule has 3 heterocycles. The minimum Gasteiger partial charge on any atom is -0.364 e. The van der Waals surface area contributed by atoms with Crippen molar-refractivity contribution in [2.24, 2.45) is 0 Å². The first-order chi connectivity index (χ1) is 12.2. The number of fused-ring (bicyclic) bond motifs is 1. The van der Waals surface area contributed by atoms with E-state index in [1.54, 1.807) is 24.7 Å². The number of pyridine rings is 1. The number of hydrogen-bond donors (Lipinski definition) is 2. The Morgan fingerprint density at radius 2 is 1.72 bits per heavy atom. The molecule has 0 saturated carbocycles. The van der Waals surface area contributed by atoms with Crippen LogP contribution in [-0.2, 0) is 19.6 Å². The topological polar surface area (TPSA) is 74.4 Å². The second-order valence-electron chi connectivity index (χ2n) is 6.32. The van der Waals surface area contributed by atoms with Crippen molar-refractivity contribution in [3.05, 3.63) is 71.8 Å². The Balaban J connectivity index is 1.40. The SMILES string of the molecule is OC(O)c1ccnc(-c2cn(CCN3Cc4ccccc4C3)cn2)c1. The second kappa shape index (κ2) is 6.76. The molecule has 2 N–H and O–H groups in total. The maximum Gasteiger partial charge on any atom is 0.178 e. The fourth-order valence-electron chi connectivity index (χ4n) is 3.18. The highest BCUT2D eigenvalue weighted by molar-refractivity contribution is 5.53. The maximum atomic E-state index is 9.28. The molecule has 0 atom stereocenters. The lowest BCUT2D eigenvalue weighted by molar-refractivity contribution is -0.0425. The van der Waals surface area contributed by atoms with Gasteiger partial charge in [0.1, 0.15) is 5.69 Å². The van der Waals surface area contributed by atoms with Crippen molar-refractivity contribution in [3.8, 4) is 11.4 Å². The van der Waals surface area contributed by atoms with Crippen molar-refractivity contribution in [2.45, 2.75) is 25.9 Å². The third-order valence-electron chi connectivity index (χ3n) is 4.56. The lowest BCUT2D eigenvalue weighted by Gasteiger charge is -2.14. The smallest absolute Gasteiger partial charge is 0.178 e. The number of benzene rings is 1. The minimum absolute atomic E-state index is 0.411. The Hall–Kier alpha value is -2.54. The summed E-state index contributed by atoms with van der Waals surface area (Å²) < 4.78 is 2.04. The molecule has 25 heavy (non-hydrogen) atoms. The summed E-state index contributed by atoms with van der Waals surface area (Å²) in [4.78, 5) is 11.1. The zero-order valence-electron chi connectivity index (χ0n) is 13.8. The van der Waals surface area contributed by atoms with Gasteiger partial charge in [0.05, 0.1) is 12.0 Å². The standard InChI is InChI=1S/C19H20N4O2/c24-19(25)14-5-6-20-17(9-14)18-12-23(13-21-18)8-7-22-10-15-3-1-2-4-16(15)11-22/h1-6,9,12-13,19,24-25H,7-8,10-11H2. The van der Waals surface area contributed by atoms with Gasteiger partial charge in [-0.2, -0.15) is 0 Å². The van der Waals surface area contributed by atoms with E-state index in [9.17, 15) is 10.2 Å². The zero-order chi connectivity index (χ0) is 17.2. The molecular weight excluding hydrogens is 316 g/mol. The van der Waals surface area contributed by atoms with Gasteiger partial charge in [0.2, 0.25) is 0 Å². The van der Waals surface area contributed by atoms with E-state index >= 15 is 0 Å². The Labute approximate surface area is 146 Å². The fraction of sp³-hybridized carbons (Fsp3) is 0.263. The summed E-state index contributed by atoms with van der Waals surface area (Å²) in [5.74, 6) is 0. The summed E-state index contributed by atoms with van der Waals surface area (Å²) in [7, 11) is 0. The van der Waals surface area contributed by atoms with Gasteiger partial charge in [0.25, 0.3) is 0 Å². The van der Waals surface area contributed by atoms with Crippen LogP contribution in [0.4, 0.5) is 0 Å². The molecule has 1 aromatic carbocycles. The van der Waals surface area contributed by atoms with Crippen molar-refractivity contribution in [1.82, 2.24) is 19.4 Å². The number of aromatic nitrogens is 3. The van der Waals surface area contributed by atoms with E-state index in [0.29, 0.717) is 11.3 Å². The number of hydrogen-bond acceptors (Lipinski definition) is 5. The zero-order valence-corrected chi connectivity index (χ0v) is 13.8. The second-order valence-corrected chi connectivity index (χ2v) is 6.32. The van der Waals surface area contributed by atoms with Crippen LogP contribution in [-0.4, -0.2) is 36.2 Å². The molecule has 0 aliphatic carbocycles. The first kappa shape index (κ1) is 16.0. The predicted molar refractivity (Wildman–Crippen MR) is 93.2 cm³/mol. The van der Waals surface area contributed by atoms with E-state index in [2.05, 4.69) is 39.1 Å². The van der Waals surface area contributed by atoms with Crippen molar-refractivity contribution in [3.63, 3.8) is 0 Å². The van der Waals surface area contributed by atoms with Gasteiger partial charge in [-0.3, -0.25) is 9.88 Å². The predicted octanol–water partition coefficient (Wildman–Crippen LogP) is 1.94. The van der Waals surface area contributed by atoms with E-state index in [-0.39, 0.29) is 0 Å². The molecule has 128 valence electrons. The highest BCUT2D eigenvalue weighted by Gasteiger charge is 2.17. The first-order valence-corrected chi connectivity index (χ1v) is 8.32. The molecule has 4 rings (SSSR count). The van der Waals surface area contributed by atoms with Crippen LogP contribution < -0.4 is 0 Å². The van der Waals surface area contributed by atoms with Crippen LogP contribution in [0.3, 0.4) is 0 Å². The van der Waals surface area contributed by atoms with E-state index in [0.717, 1.165) is 31.9 Å². The average molecular weight is 336 g/mol. The summed E-state index contributed by atoms with van der Waals surface area (Å²) in [6.07, 6.45) is 3.80. The Bertz CT molecular complexity index is 850. The molecule has 2 aromatic heterocycles. The largest absolute Gasteiger partial charge is 0.364 e. The molecule has 0 bridgehead atoms. The lowest BCUT2D eigenvalue weighted by Crippen LogP contribution is -2.21. The van der Waals surface area contributed by atoms with E-state index in [1.165, 1.54) is 11.1 Å². The average Bonchev–Trinajstić information content (AvgIpc) is 3.26. The van der Waals surface area contributed by atoms with Gasteiger partial charge in [-0.15, -0.1) is 0 Å². The minimum atomic E-state index is -1.50. The van der Waals surface area contributed by atoms with Gasteiger partial charge >= 0.3 is 0 Å². The molecule has 0 unspecified atom stereocenters. The third-order valence-corrected chi connectivity index (χ3v) is 4.56. The van der Waals surface area contributed by atoms with Gasteiger partial charge < -0.3 is 14.8 Å². The molecule has 1 aliphatic heterocycles. The number of rotatable bonds is 5. The van der Waals surface area contributed by atoms with Gasteiger partial charge in [0, 0.05) is 44.1 Å². The molecular formula is C19H20N4O2. The van der Waals surface area contributed by atoms with E-state index in [4.69, 9.17) is 0 Å². The van der Waals surface area contributed by atoms with Gasteiger partial charge in [-0.25, -0.2) is 4.98 Å². The number of aliphatic hydroxyl groups excluding tert-OH is 1. The molecule has 0 radical (unpaired) electrons. The Morgan fingerprint density at radius 1 is 0.960 bits per heavy atom. The van der Waals surface area contributed by atoms with E-state index in [1.807, 2.05) is 10.8 Å². The highest BCUT2D eigenvalue weighted by atomic mass is 16.5. The van der Waals surface area contributed by atoms with Crippen molar-refractivity contribution < 1.29 is 10.2 Å². The summed E-state index contributed by atoms with van der Waals surface area (Å²) in [5.41, 5.74) is 4.61.